The van der Waals surface area contributed by atoms with Gasteiger partial charge in [0, 0.05) is 12.1 Å². The number of carbonyl (C=O) groups is 2. The van der Waals surface area contributed by atoms with Crippen molar-refractivity contribution in [2.45, 2.75) is 32.2 Å². The summed E-state index contributed by atoms with van der Waals surface area (Å²) >= 11 is 1.36. The molecule has 1 atom stereocenters. The Morgan fingerprint density at radius 3 is 2.87 bits per heavy atom. The van der Waals surface area contributed by atoms with Gasteiger partial charge in [-0.1, -0.05) is 30.3 Å². The van der Waals surface area contributed by atoms with Crippen LogP contribution in [-0.4, -0.2) is 29.4 Å². The molecular weight excluding hydrogens is 310 g/mol. The number of aromatic nitrogens is 1. The molecule has 1 saturated heterocycles. The lowest BCUT2D eigenvalue weighted by Gasteiger charge is -2.14. The molecule has 23 heavy (non-hydrogen) atoms. The van der Waals surface area contributed by atoms with Crippen molar-refractivity contribution in [2.75, 3.05) is 6.54 Å². The molecule has 0 bridgehead atoms. The van der Waals surface area contributed by atoms with E-state index in [0.717, 1.165) is 23.4 Å². The minimum Gasteiger partial charge on any atom is -0.354 e. The first-order chi connectivity index (χ1) is 11.1. The minimum atomic E-state index is -0.452. The highest BCUT2D eigenvalue weighted by molar-refractivity contribution is 7.17. The Hall–Kier alpha value is -2.21. The number of hydrogen-bond donors (Lipinski definition) is 2. The SMILES string of the molecule is Cc1nc(-c2ccccc2)sc1C(=O)N[C@H]1CCCCNC1=O. The molecule has 1 aromatic carbocycles. The van der Waals surface area contributed by atoms with Crippen molar-refractivity contribution in [1.82, 2.24) is 15.6 Å². The van der Waals surface area contributed by atoms with Gasteiger partial charge >= 0.3 is 0 Å². The topological polar surface area (TPSA) is 71.1 Å². The third-order valence-electron chi connectivity index (χ3n) is 3.86. The standard InChI is InChI=1S/C17H19N3O2S/c1-11-14(23-17(19-11)12-7-3-2-4-8-12)16(22)20-13-9-5-6-10-18-15(13)21/h2-4,7-8,13H,5-6,9-10H2,1H3,(H,18,21)(H,20,22)/t13-/m0/s1. The summed E-state index contributed by atoms with van der Waals surface area (Å²) in [5, 5.41) is 6.50. The van der Waals surface area contributed by atoms with Gasteiger partial charge in [-0.05, 0) is 26.2 Å². The van der Waals surface area contributed by atoms with Crippen molar-refractivity contribution in [3.63, 3.8) is 0 Å². The van der Waals surface area contributed by atoms with Crippen molar-refractivity contribution in [3.05, 3.63) is 40.9 Å². The van der Waals surface area contributed by atoms with Gasteiger partial charge in [-0.2, -0.15) is 0 Å². The van der Waals surface area contributed by atoms with Gasteiger partial charge in [-0.3, -0.25) is 9.59 Å². The molecule has 5 nitrogen and oxygen atoms in total. The number of rotatable bonds is 3. The molecule has 2 heterocycles. The molecule has 2 amide bonds. The first-order valence-electron chi connectivity index (χ1n) is 7.76. The maximum Gasteiger partial charge on any atom is 0.263 e. The first-order valence-corrected chi connectivity index (χ1v) is 8.58. The van der Waals surface area contributed by atoms with E-state index < -0.39 is 6.04 Å². The molecule has 3 rings (SSSR count). The van der Waals surface area contributed by atoms with Crippen LogP contribution in [0.5, 0.6) is 0 Å². The number of nitrogens with one attached hydrogen (secondary N) is 2. The average molecular weight is 329 g/mol. The lowest BCUT2D eigenvalue weighted by Crippen LogP contribution is -2.45. The summed E-state index contributed by atoms with van der Waals surface area (Å²) < 4.78 is 0. The molecule has 0 radical (unpaired) electrons. The maximum absolute atomic E-state index is 12.5. The average Bonchev–Trinajstić information content (AvgIpc) is 2.84. The number of amides is 2. The highest BCUT2D eigenvalue weighted by atomic mass is 32.1. The number of aryl methyl sites for hydroxylation is 1. The van der Waals surface area contributed by atoms with Crippen LogP contribution in [0.1, 0.15) is 34.6 Å². The zero-order valence-electron chi connectivity index (χ0n) is 13.0. The van der Waals surface area contributed by atoms with E-state index in [4.69, 9.17) is 0 Å². The van der Waals surface area contributed by atoms with E-state index in [-0.39, 0.29) is 11.8 Å². The predicted molar refractivity (Wildman–Crippen MR) is 90.4 cm³/mol. The summed E-state index contributed by atoms with van der Waals surface area (Å²) in [7, 11) is 0. The summed E-state index contributed by atoms with van der Waals surface area (Å²) in [4.78, 5) is 29.5. The molecule has 6 heteroatoms. The number of nitrogens with zero attached hydrogens (tertiary/aromatic N) is 1. The van der Waals surface area contributed by atoms with E-state index in [2.05, 4.69) is 15.6 Å². The van der Waals surface area contributed by atoms with E-state index in [1.807, 2.05) is 37.3 Å². The van der Waals surface area contributed by atoms with E-state index in [1.54, 1.807) is 0 Å². The van der Waals surface area contributed by atoms with Gasteiger partial charge in [0.1, 0.15) is 15.9 Å². The lowest BCUT2D eigenvalue weighted by atomic mass is 10.1. The quantitative estimate of drug-likeness (QED) is 0.909. The van der Waals surface area contributed by atoms with Gasteiger partial charge in [0.15, 0.2) is 0 Å². The molecule has 0 saturated carbocycles. The third-order valence-corrected chi connectivity index (χ3v) is 5.07. The Kier molecular flexibility index (Phi) is 4.71. The Bertz CT molecular complexity index is 712. The van der Waals surface area contributed by atoms with Gasteiger partial charge in [-0.15, -0.1) is 11.3 Å². The molecular formula is C17H19N3O2S. The van der Waals surface area contributed by atoms with Crippen molar-refractivity contribution >= 4 is 23.2 Å². The Balaban J connectivity index is 1.77. The summed E-state index contributed by atoms with van der Waals surface area (Å²) in [6, 6.07) is 9.33. The monoisotopic (exact) mass is 329 g/mol. The zero-order valence-corrected chi connectivity index (χ0v) is 13.8. The van der Waals surface area contributed by atoms with Crippen LogP contribution in [0.25, 0.3) is 10.6 Å². The summed E-state index contributed by atoms with van der Waals surface area (Å²) in [5.74, 6) is -0.314. The fourth-order valence-electron chi connectivity index (χ4n) is 2.61. The van der Waals surface area contributed by atoms with Crippen LogP contribution < -0.4 is 10.6 Å². The van der Waals surface area contributed by atoms with Crippen molar-refractivity contribution < 1.29 is 9.59 Å². The molecule has 1 fully saturated rings. The maximum atomic E-state index is 12.5. The smallest absolute Gasteiger partial charge is 0.263 e. The highest BCUT2D eigenvalue weighted by Crippen LogP contribution is 2.27. The van der Waals surface area contributed by atoms with Crippen LogP contribution in [0, 0.1) is 6.92 Å². The molecule has 1 aromatic heterocycles. The number of carbonyl (C=O) groups excluding carboxylic acids is 2. The van der Waals surface area contributed by atoms with Gasteiger partial charge in [-0.25, -0.2) is 4.98 Å². The Labute approximate surface area is 139 Å². The van der Waals surface area contributed by atoms with Gasteiger partial charge < -0.3 is 10.6 Å². The fourth-order valence-corrected chi connectivity index (χ4v) is 3.59. The molecule has 0 unspecified atom stereocenters. The molecule has 2 N–H and O–H groups in total. The van der Waals surface area contributed by atoms with Gasteiger partial charge in [0.2, 0.25) is 5.91 Å². The van der Waals surface area contributed by atoms with Gasteiger partial charge in [0.25, 0.3) is 5.91 Å². The normalized spacial score (nSPS) is 18.1. The second-order valence-electron chi connectivity index (χ2n) is 5.61. The Morgan fingerprint density at radius 2 is 2.09 bits per heavy atom. The molecule has 0 aliphatic carbocycles. The van der Waals surface area contributed by atoms with Gasteiger partial charge in [0.05, 0.1) is 5.69 Å². The third kappa shape index (κ3) is 3.59. The van der Waals surface area contributed by atoms with Crippen LogP contribution in [0.4, 0.5) is 0 Å². The van der Waals surface area contributed by atoms with Crippen LogP contribution in [0.3, 0.4) is 0 Å². The van der Waals surface area contributed by atoms with Crippen LogP contribution in [0.15, 0.2) is 30.3 Å². The predicted octanol–water partition coefficient (Wildman–Crippen LogP) is 2.52. The minimum absolute atomic E-state index is 0.0960. The Morgan fingerprint density at radius 1 is 1.30 bits per heavy atom. The van der Waals surface area contributed by atoms with Crippen molar-refractivity contribution in [3.8, 4) is 10.6 Å². The van der Waals surface area contributed by atoms with E-state index in [1.165, 1.54) is 11.3 Å². The molecule has 1 aliphatic rings. The van der Waals surface area contributed by atoms with Crippen LogP contribution >= 0.6 is 11.3 Å². The van der Waals surface area contributed by atoms with Crippen LogP contribution in [-0.2, 0) is 4.79 Å². The van der Waals surface area contributed by atoms with Crippen molar-refractivity contribution in [2.24, 2.45) is 0 Å². The van der Waals surface area contributed by atoms with Crippen molar-refractivity contribution in [1.29, 1.82) is 0 Å². The summed E-state index contributed by atoms with van der Waals surface area (Å²) in [6.07, 6.45) is 2.57. The highest BCUT2D eigenvalue weighted by Gasteiger charge is 2.25. The molecule has 0 spiro atoms. The number of benzene rings is 1. The molecule has 2 aromatic rings. The zero-order chi connectivity index (χ0) is 16.2. The van der Waals surface area contributed by atoms with E-state index >= 15 is 0 Å². The summed E-state index contributed by atoms with van der Waals surface area (Å²) in [6.45, 7) is 2.51. The van der Waals surface area contributed by atoms with E-state index in [0.29, 0.717) is 23.5 Å². The second kappa shape index (κ2) is 6.91. The first kappa shape index (κ1) is 15.7. The number of hydrogen-bond acceptors (Lipinski definition) is 4. The van der Waals surface area contributed by atoms with Crippen LogP contribution in [0.2, 0.25) is 0 Å². The fraction of sp³-hybridized carbons (Fsp3) is 0.353. The van der Waals surface area contributed by atoms with E-state index in [9.17, 15) is 9.59 Å². The molecule has 120 valence electrons. The summed E-state index contributed by atoms with van der Waals surface area (Å²) in [5.41, 5.74) is 1.69. The number of thiazole rings is 1. The largest absolute Gasteiger partial charge is 0.354 e. The molecule has 1 aliphatic heterocycles. The lowest BCUT2D eigenvalue weighted by molar-refractivity contribution is -0.122. The second-order valence-corrected chi connectivity index (χ2v) is 6.61.